The fourth-order valence-corrected chi connectivity index (χ4v) is 1.85. The minimum absolute atomic E-state index is 1.06. The number of hydrogen-bond acceptors (Lipinski definition) is 2. The number of aryl methyl sites for hydroxylation is 1. The van der Waals surface area contributed by atoms with Crippen molar-refractivity contribution in [3.63, 3.8) is 0 Å². The number of rotatable bonds is 6. The second-order valence-electron chi connectivity index (χ2n) is 3.18. The molecule has 1 N–H and O–H groups in total. The highest BCUT2D eigenvalue weighted by Gasteiger charge is 1.93. The van der Waals surface area contributed by atoms with Crippen LogP contribution in [0.15, 0.2) is 24.3 Å². The predicted molar refractivity (Wildman–Crippen MR) is 67.3 cm³/mol. The van der Waals surface area contributed by atoms with Gasteiger partial charge in [0.1, 0.15) is 0 Å². The molecule has 1 rings (SSSR count). The van der Waals surface area contributed by atoms with Gasteiger partial charge >= 0.3 is 0 Å². The molecule has 1 aromatic carbocycles. The first-order valence-electron chi connectivity index (χ1n) is 5.27. The van der Waals surface area contributed by atoms with Crippen molar-refractivity contribution in [2.75, 3.05) is 23.4 Å². The van der Waals surface area contributed by atoms with Crippen LogP contribution in [-0.2, 0) is 6.42 Å². The van der Waals surface area contributed by atoms with Crippen molar-refractivity contribution in [2.24, 2.45) is 0 Å². The van der Waals surface area contributed by atoms with Crippen molar-refractivity contribution >= 4 is 17.4 Å². The third-order valence-electron chi connectivity index (χ3n) is 2.11. The second kappa shape index (κ2) is 6.77. The number of benzene rings is 1. The highest BCUT2D eigenvalue weighted by molar-refractivity contribution is 7.99. The molecular formula is C12H19NS. The number of nitrogens with one attached hydrogen (secondary N) is 1. The predicted octanol–water partition coefficient (Wildman–Crippen LogP) is 3.41. The number of hydrogen-bond donors (Lipinski definition) is 1. The minimum Gasteiger partial charge on any atom is -0.384 e. The summed E-state index contributed by atoms with van der Waals surface area (Å²) in [6.45, 7) is 5.44. The zero-order valence-corrected chi connectivity index (χ0v) is 9.86. The summed E-state index contributed by atoms with van der Waals surface area (Å²) in [4.78, 5) is 0. The highest BCUT2D eigenvalue weighted by Crippen LogP contribution is 2.11. The van der Waals surface area contributed by atoms with E-state index in [2.05, 4.69) is 43.4 Å². The molecule has 0 heterocycles. The van der Waals surface area contributed by atoms with E-state index >= 15 is 0 Å². The summed E-state index contributed by atoms with van der Waals surface area (Å²) in [6, 6.07) is 8.66. The Labute approximate surface area is 91.3 Å². The fraction of sp³-hybridized carbons (Fsp3) is 0.500. The van der Waals surface area contributed by atoms with Gasteiger partial charge in [0.25, 0.3) is 0 Å². The van der Waals surface area contributed by atoms with E-state index in [-0.39, 0.29) is 0 Å². The van der Waals surface area contributed by atoms with Crippen LogP contribution >= 0.6 is 11.8 Å². The van der Waals surface area contributed by atoms with E-state index in [0.29, 0.717) is 0 Å². The molecule has 78 valence electrons. The summed E-state index contributed by atoms with van der Waals surface area (Å²) in [6.07, 6.45) is 1.11. The molecule has 0 saturated heterocycles. The lowest BCUT2D eigenvalue weighted by atomic mass is 10.1. The molecule has 14 heavy (non-hydrogen) atoms. The van der Waals surface area contributed by atoms with Crippen LogP contribution in [0.2, 0.25) is 0 Å². The van der Waals surface area contributed by atoms with Crippen molar-refractivity contribution in [3.8, 4) is 0 Å². The van der Waals surface area contributed by atoms with E-state index in [1.54, 1.807) is 0 Å². The Kier molecular flexibility index (Phi) is 5.53. The van der Waals surface area contributed by atoms with Crippen molar-refractivity contribution < 1.29 is 0 Å². The zero-order valence-electron chi connectivity index (χ0n) is 9.05. The van der Waals surface area contributed by atoms with Gasteiger partial charge in [-0.2, -0.15) is 11.8 Å². The van der Waals surface area contributed by atoms with Gasteiger partial charge in [0.05, 0.1) is 0 Å². The Morgan fingerprint density at radius 2 is 2.14 bits per heavy atom. The standard InChI is InChI=1S/C12H19NS/c1-3-11-6-5-7-12(10-11)13-8-9-14-4-2/h5-7,10,13H,3-4,8-9H2,1-2H3. The lowest BCUT2D eigenvalue weighted by Gasteiger charge is -2.06. The van der Waals surface area contributed by atoms with Gasteiger partial charge in [0.2, 0.25) is 0 Å². The Hall–Kier alpha value is -0.630. The normalized spacial score (nSPS) is 10.1. The molecule has 0 spiro atoms. The van der Waals surface area contributed by atoms with Gasteiger partial charge in [0, 0.05) is 18.0 Å². The first-order valence-corrected chi connectivity index (χ1v) is 6.42. The summed E-state index contributed by atoms with van der Waals surface area (Å²) >= 11 is 1.97. The van der Waals surface area contributed by atoms with Crippen molar-refractivity contribution in [2.45, 2.75) is 20.3 Å². The van der Waals surface area contributed by atoms with Gasteiger partial charge in [-0.1, -0.05) is 26.0 Å². The third kappa shape index (κ3) is 4.05. The molecule has 0 unspecified atom stereocenters. The first-order chi connectivity index (χ1) is 6.86. The van der Waals surface area contributed by atoms with Crippen molar-refractivity contribution in [3.05, 3.63) is 29.8 Å². The number of thioether (sulfide) groups is 1. The van der Waals surface area contributed by atoms with Crippen LogP contribution < -0.4 is 5.32 Å². The van der Waals surface area contributed by atoms with E-state index < -0.39 is 0 Å². The van der Waals surface area contributed by atoms with Crippen molar-refractivity contribution in [1.82, 2.24) is 0 Å². The summed E-state index contributed by atoms with van der Waals surface area (Å²) in [5.74, 6) is 2.39. The maximum Gasteiger partial charge on any atom is 0.0343 e. The van der Waals surface area contributed by atoms with Crippen LogP contribution in [0.1, 0.15) is 19.4 Å². The quantitative estimate of drug-likeness (QED) is 0.721. The SMILES string of the molecule is CCSCCNc1cccc(CC)c1. The molecule has 0 radical (unpaired) electrons. The fourth-order valence-electron chi connectivity index (χ4n) is 1.31. The van der Waals surface area contributed by atoms with E-state index in [1.807, 2.05) is 11.8 Å². The Bertz CT molecular complexity index is 260. The lowest BCUT2D eigenvalue weighted by Crippen LogP contribution is -2.04. The smallest absolute Gasteiger partial charge is 0.0343 e. The number of anilines is 1. The first kappa shape index (κ1) is 11.4. The molecule has 2 heteroatoms. The molecule has 0 amide bonds. The zero-order chi connectivity index (χ0) is 10.2. The summed E-state index contributed by atoms with van der Waals surface area (Å²) < 4.78 is 0. The van der Waals surface area contributed by atoms with Gasteiger partial charge in [-0.3, -0.25) is 0 Å². The van der Waals surface area contributed by atoms with Crippen LogP contribution in [0.4, 0.5) is 5.69 Å². The Morgan fingerprint density at radius 1 is 1.29 bits per heavy atom. The van der Waals surface area contributed by atoms with Gasteiger partial charge in [-0.25, -0.2) is 0 Å². The van der Waals surface area contributed by atoms with Gasteiger partial charge in [0.15, 0.2) is 0 Å². The molecular weight excluding hydrogens is 190 g/mol. The Balaban J connectivity index is 2.34. The molecule has 0 atom stereocenters. The van der Waals surface area contributed by atoms with Gasteiger partial charge in [-0.05, 0) is 29.9 Å². The third-order valence-corrected chi connectivity index (χ3v) is 3.02. The molecule has 0 fully saturated rings. The molecule has 0 aromatic heterocycles. The molecule has 0 aliphatic heterocycles. The van der Waals surface area contributed by atoms with Gasteiger partial charge in [-0.15, -0.1) is 0 Å². The van der Waals surface area contributed by atoms with Crippen LogP contribution in [0, 0.1) is 0 Å². The summed E-state index contributed by atoms with van der Waals surface area (Å²) in [5, 5.41) is 3.43. The van der Waals surface area contributed by atoms with Gasteiger partial charge < -0.3 is 5.32 Å². The average molecular weight is 209 g/mol. The maximum absolute atomic E-state index is 3.43. The summed E-state index contributed by atoms with van der Waals surface area (Å²) in [7, 11) is 0. The highest BCUT2D eigenvalue weighted by atomic mass is 32.2. The van der Waals surface area contributed by atoms with Crippen LogP contribution in [-0.4, -0.2) is 18.1 Å². The molecule has 0 aliphatic rings. The monoisotopic (exact) mass is 209 g/mol. The van der Waals surface area contributed by atoms with Crippen LogP contribution in [0.5, 0.6) is 0 Å². The lowest BCUT2D eigenvalue weighted by molar-refractivity contribution is 1.13. The average Bonchev–Trinajstić information content (AvgIpc) is 2.25. The molecule has 0 aliphatic carbocycles. The minimum atomic E-state index is 1.06. The second-order valence-corrected chi connectivity index (χ2v) is 4.57. The maximum atomic E-state index is 3.43. The van der Waals surface area contributed by atoms with Crippen LogP contribution in [0.3, 0.4) is 0 Å². The molecule has 0 bridgehead atoms. The summed E-state index contributed by atoms with van der Waals surface area (Å²) in [5.41, 5.74) is 2.65. The molecule has 0 saturated carbocycles. The van der Waals surface area contributed by atoms with Crippen LogP contribution in [0.25, 0.3) is 0 Å². The Morgan fingerprint density at radius 3 is 2.86 bits per heavy atom. The van der Waals surface area contributed by atoms with E-state index in [0.717, 1.165) is 13.0 Å². The molecule has 1 aromatic rings. The topological polar surface area (TPSA) is 12.0 Å². The van der Waals surface area contributed by atoms with E-state index in [1.165, 1.54) is 22.8 Å². The van der Waals surface area contributed by atoms with E-state index in [4.69, 9.17) is 0 Å². The molecule has 1 nitrogen and oxygen atoms in total. The van der Waals surface area contributed by atoms with E-state index in [9.17, 15) is 0 Å². The van der Waals surface area contributed by atoms with Crippen molar-refractivity contribution in [1.29, 1.82) is 0 Å². The largest absolute Gasteiger partial charge is 0.384 e.